The highest BCUT2D eigenvalue weighted by atomic mass is 35.5. The highest BCUT2D eigenvalue weighted by Gasteiger charge is 2.18. The lowest BCUT2D eigenvalue weighted by molar-refractivity contribution is -0.116. The minimum Gasteiger partial charge on any atom is -0.298 e. The van der Waals surface area contributed by atoms with E-state index in [4.69, 9.17) is 11.6 Å². The van der Waals surface area contributed by atoms with Gasteiger partial charge in [-0.1, -0.05) is 19.1 Å². The third-order valence-corrected chi connectivity index (χ3v) is 2.99. The molecule has 0 heterocycles. The Morgan fingerprint density at radius 1 is 1.44 bits per heavy atom. The summed E-state index contributed by atoms with van der Waals surface area (Å²) in [7, 11) is 0. The van der Waals surface area contributed by atoms with Gasteiger partial charge in [-0.15, -0.1) is 11.6 Å². The molecule has 0 N–H and O–H groups in total. The van der Waals surface area contributed by atoms with Gasteiger partial charge in [0.1, 0.15) is 5.38 Å². The van der Waals surface area contributed by atoms with Crippen LogP contribution in [0.3, 0.4) is 0 Å². The Bertz CT molecular complexity index is 391. The van der Waals surface area contributed by atoms with Crippen LogP contribution >= 0.6 is 11.6 Å². The molecule has 0 aliphatic heterocycles. The predicted molar refractivity (Wildman–Crippen MR) is 60.1 cm³/mol. The van der Waals surface area contributed by atoms with Gasteiger partial charge in [-0.2, -0.15) is 0 Å². The second-order valence-corrected chi connectivity index (χ2v) is 4.02. The summed E-state index contributed by atoms with van der Waals surface area (Å²) >= 11 is 5.82. The van der Waals surface area contributed by atoms with Crippen LogP contribution in [0.4, 0.5) is 8.78 Å². The SMILES string of the molecule is CCc1ccc(C(Cl)C(C)=O)cc1C(F)F. The predicted octanol–water partition coefficient (Wildman–Crippen LogP) is 4.06. The zero-order chi connectivity index (χ0) is 12.3. The maximum absolute atomic E-state index is 12.7. The highest BCUT2D eigenvalue weighted by Crippen LogP contribution is 2.29. The molecular formula is C12H13ClF2O. The lowest BCUT2D eigenvalue weighted by atomic mass is 9.99. The van der Waals surface area contributed by atoms with E-state index in [0.29, 0.717) is 17.5 Å². The molecule has 1 atom stereocenters. The molecule has 0 aliphatic rings. The third kappa shape index (κ3) is 2.79. The summed E-state index contributed by atoms with van der Waals surface area (Å²) in [6.07, 6.45) is -2.00. The number of halogens is 3. The number of ketones is 1. The van der Waals surface area contributed by atoms with Crippen LogP contribution in [-0.2, 0) is 11.2 Å². The summed E-state index contributed by atoms with van der Waals surface area (Å²) in [5, 5.41) is -0.844. The van der Waals surface area contributed by atoms with Gasteiger partial charge in [0.15, 0.2) is 5.78 Å². The van der Waals surface area contributed by atoms with Crippen LogP contribution in [0.2, 0.25) is 0 Å². The van der Waals surface area contributed by atoms with Gasteiger partial charge in [0.05, 0.1) is 0 Å². The van der Waals surface area contributed by atoms with E-state index < -0.39 is 11.8 Å². The molecule has 0 bridgehead atoms. The molecule has 0 aliphatic carbocycles. The number of alkyl halides is 3. The monoisotopic (exact) mass is 246 g/mol. The Morgan fingerprint density at radius 3 is 2.50 bits per heavy atom. The van der Waals surface area contributed by atoms with Gasteiger partial charge in [0, 0.05) is 5.56 Å². The van der Waals surface area contributed by atoms with Crippen molar-refractivity contribution in [3.63, 3.8) is 0 Å². The van der Waals surface area contributed by atoms with Gasteiger partial charge in [-0.3, -0.25) is 4.79 Å². The van der Waals surface area contributed by atoms with Gasteiger partial charge in [-0.05, 0) is 30.5 Å². The first-order chi connectivity index (χ1) is 7.47. The van der Waals surface area contributed by atoms with E-state index in [1.54, 1.807) is 12.1 Å². The van der Waals surface area contributed by atoms with Crippen molar-refractivity contribution in [3.8, 4) is 0 Å². The lowest BCUT2D eigenvalue weighted by Gasteiger charge is -2.11. The zero-order valence-electron chi connectivity index (χ0n) is 9.14. The summed E-state index contributed by atoms with van der Waals surface area (Å²) in [6.45, 7) is 3.15. The normalized spacial score (nSPS) is 12.9. The molecule has 1 nitrogen and oxygen atoms in total. The fourth-order valence-electron chi connectivity index (χ4n) is 1.53. The Balaban J connectivity index is 3.16. The van der Waals surface area contributed by atoms with E-state index >= 15 is 0 Å². The Labute approximate surface area is 98.4 Å². The van der Waals surface area contributed by atoms with Crippen molar-refractivity contribution in [1.82, 2.24) is 0 Å². The fourth-order valence-corrected chi connectivity index (χ4v) is 1.67. The molecule has 0 aromatic heterocycles. The molecule has 1 rings (SSSR count). The molecule has 4 heteroatoms. The van der Waals surface area contributed by atoms with Gasteiger partial charge in [0.2, 0.25) is 0 Å². The maximum Gasteiger partial charge on any atom is 0.264 e. The van der Waals surface area contributed by atoms with Gasteiger partial charge in [0.25, 0.3) is 6.43 Å². The summed E-state index contributed by atoms with van der Waals surface area (Å²) < 4.78 is 25.5. The molecule has 0 amide bonds. The quantitative estimate of drug-likeness (QED) is 0.733. The first-order valence-corrected chi connectivity index (χ1v) is 5.46. The molecule has 1 unspecified atom stereocenters. The number of hydrogen-bond donors (Lipinski definition) is 0. The minimum absolute atomic E-state index is 0.0353. The Kier molecular flexibility index (Phi) is 4.42. The van der Waals surface area contributed by atoms with Crippen molar-refractivity contribution in [2.75, 3.05) is 0 Å². The number of rotatable bonds is 4. The number of hydrogen-bond acceptors (Lipinski definition) is 1. The molecule has 0 radical (unpaired) electrons. The van der Waals surface area contributed by atoms with E-state index in [-0.39, 0.29) is 11.3 Å². The van der Waals surface area contributed by atoms with Crippen LogP contribution < -0.4 is 0 Å². The van der Waals surface area contributed by atoms with Crippen molar-refractivity contribution in [2.45, 2.75) is 32.1 Å². The van der Waals surface area contributed by atoms with Crippen LogP contribution in [-0.4, -0.2) is 5.78 Å². The largest absolute Gasteiger partial charge is 0.298 e. The molecule has 1 aromatic rings. The van der Waals surface area contributed by atoms with Crippen LogP contribution in [0, 0.1) is 0 Å². The van der Waals surface area contributed by atoms with E-state index in [2.05, 4.69) is 0 Å². The average Bonchev–Trinajstić information content (AvgIpc) is 2.26. The first kappa shape index (κ1) is 13.1. The minimum atomic E-state index is -2.54. The van der Waals surface area contributed by atoms with E-state index in [0.717, 1.165) is 0 Å². The van der Waals surface area contributed by atoms with Crippen molar-refractivity contribution in [2.24, 2.45) is 0 Å². The smallest absolute Gasteiger partial charge is 0.264 e. The number of aryl methyl sites for hydroxylation is 1. The van der Waals surface area contributed by atoms with Crippen LogP contribution in [0.1, 0.15) is 42.3 Å². The lowest BCUT2D eigenvalue weighted by Crippen LogP contribution is -2.04. The van der Waals surface area contributed by atoms with Crippen LogP contribution in [0.15, 0.2) is 18.2 Å². The van der Waals surface area contributed by atoms with Crippen molar-refractivity contribution in [1.29, 1.82) is 0 Å². The van der Waals surface area contributed by atoms with E-state index in [1.165, 1.54) is 13.0 Å². The van der Waals surface area contributed by atoms with Gasteiger partial charge in [-0.25, -0.2) is 8.78 Å². The maximum atomic E-state index is 12.7. The summed E-state index contributed by atoms with van der Waals surface area (Å²) in [5.41, 5.74) is 0.986. The molecule has 88 valence electrons. The Morgan fingerprint density at radius 2 is 2.06 bits per heavy atom. The molecule has 0 fully saturated rings. The van der Waals surface area contributed by atoms with E-state index in [1.807, 2.05) is 6.92 Å². The second-order valence-electron chi connectivity index (χ2n) is 3.59. The molecule has 16 heavy (non-hydrogen) atoms. The molecule has 0 saturated carbocycles. The topological polar surface area (TPSA) is 17.1 Å². The standard InChI is InChI=1S/C12H13ClF2O/c1-3-8-4-5-9(11(13)7(2)16)6-10(8)12(14)15/h4-6,11-12H,3H2,1-2H3. The Hall–Kier alpha value is -0.960. The average molecular weight is 247 g/mol. The number of carbonyl (C=O) groups excluding carboxylic acids is 1. The number of Topliss-reactive ketones (excluding diaryl/α,β-unsaturated/α-hetero) is 1. The number of benzene rings is 1. The van der Waals surface area contributed by atoms with Crippen LogP contribution in [0.25, 0.3) is 0 Å². The zero-order valence-corrected chi connectivity index (χ0v) is 9.89. The summed E-state index contributed by atoms with van der Waals surface area (Å²) in [6, 6.07) is 4.56. The molecule has 1 aromatic carbocycles. The van der Waals surface area contributed by atoms with Crippen molar-refractivity contribution < 1.29 is 13.6 Å². The second kappa shape index (κ2) is 5.39. The number of carbonyl (C=O) groups is 1. The van der Waals surface area contributed by atoms with Crippen molar-refractivity contribution in [3.05, 3.63) is 34.9 Å². The molecule has 0 spiro atoms. The fraction of sp³-hybridized carbons (Fsp3) is 0.417. The summed E-state index contributed by atoms with van der Waals surface area (Å²) in [4.78, 5) is 11.1. The van der Waals surface area contributed by atoms with Gasteiger partial charge >= 0.3 is 0 Å². The van der Waals surface area contributed by atoms with Crippen molar-refractivity contribution >= 4 is 17.4 Å². The molecule has 0 saturated heterocycles. The summed E-state index contributed by atoms with van der Waals surface area (Å²) in [5.74, 6) is -0.244. The third-order valence-electron chi connectivity index (χ3n) is 2.44. The first-order valence-electron chi connectivity index (χ1n) is 5.02. The van der Waals surface area contributed by atoms with Gasteiger partial charge < -0.3 is 0 Å². The molecular weight excluding hydrogens is 234 g/mol. The highest BCUT2D eigenvalue weighted by molar-refractivity contribution is 6.30. The van der Waals surface area contributed by atoms with E-state index in [9.17, 15) is 13.6 Å². The van der Waals surface area contributed by atoms with Crippen LogP contribution in [0.5, 0.6) is 0 Å².